The first-order valence-corrected chi connectivity index (χ1v) is 9.95. The van der Waals surface area contributed by atoms with Crippen molar-refractivity contribution in [3.05, 3.63) is 84.1 Å². The van der Waals surface area contributed by atoms with Gasteiger partial charge in [-0.1, -0.05) is 18.2 Å². The number of fused-ring (bicyclic) bond motifs is 2. The van der Waals surface area contributed by atoms with Crippen LogP contribution in [-0.4, -0.2) is 32.6 Å². The second-order valence-electron chi connectivity index (χ2n) is 7.41. The average molecular weight is 408 g/mol. The van der Waals surface area contributed by atoms with E-state index in [4.69, 9.17) is 9.72 Å². The fourth-order valence-electron chi connectivity index (χ4n) is 4.04. The molecule has 5 aromatic rings. The summed E-state index contributed by atoms with van der Waals surface area (Å²) in [5.74, 6) is 0.365. The van der Waals surface area contributed by atoms with Crippen LogP contribution in [0, 0.1) is 13.8 Å². The van der Waals surface area contributed by atoms with Crippen molar-refractivity contribution in [2.45, 2.75) is 13.8 Å². The van der Waals surface area contributed by atoms with Gasteiger partial charge in [0.15, 0.2) is 0 Å². The van der Waals surface area contributed by atoms with Crippen LogP contribution in [0.3, 0.4) is 0 Å². The molecule has 0 aliphatic rings. The molecule has 0 atom stereocenters. The minimum atomic E-state index is -0.415. The topological polar surface area (TPSA) is 69.9 Å². The van der Waals surface area contributed by atoms with Gasteiger partial charge in [-0.05, 0) is 61.4 Å². The van der Waals surface area contributed by atoms with Crippen molar-refractivity contribution in [3.63, 3.8) is 0 Å². The largest absolute Gasteiger partial charge is 0.465 e. The molecule has 0 amide bonds. The predicted octanol–water partition coefficient (Wildman–Crippen LogP) is 5.04. The van der Waals surface area contributed by atoms with Crippen molar-refractivity contribution in [1.82, 2.24) is 19.5 Å². The number of aryl methyl sites for hydroxylation is 2. The lowest BCUT2D eigenvalue weighted by Gasteiger charge is -2.13. The Morgan fingerprint density at radius 3 is 2.48 bits per heavy atom. The SMILES string of the molecule is COC(=O)c1cc(-c2ccncc2)cc2c1nc(C)n2-c1cc(C)nc2ccccc12. The molecule has 0 aliphatic heterocycles. The van der Waals surface area contributed by atoms with Crippen LogP contribution in [0.1, 0.15) is 21.9 Å². The molecule has 0 bridgehead atoms. The molecule has 0 saturated carbocycles. The second kappa shape index (κ2) is 7.32. The summed E-state index contributed by atoms with van der Waals surface area (Å²) in [6, 6.07) is 17.8. The molecule has 31 heavy (non-hydrogen) atoms. The third-order valence-corrected chi connectivity index (χ3v) is 5.41. The van der Waals surface area contributed by atoms with Gasteiger partial charge in [-0.15, -0.1) is 0 Å². The molecule has 0 radical (unpaired) electrons. The molecule has 2 aromatic carbocycles. The summed E-state index contributed by atoms with van der Waals surface area (Å²) in [6.07, 6.45) is 3.47. The van der Waals surface area contributed by atoms with E-state index in [2.05, 4.69) is 26.7 Å². The first-order chi connectivity index (χ1) is 15.1. The van der Waals surface area contributed by atoms with Gasteiger partial charge in [0.25, 0.3) is 0 Å². The van der Waals surface area contributed by atoms with Crippen LogP contribution < -0.4 is 0 Å². The molecule has 0 aliphatic carbocycles. The Bertz CT molecular complexity index is 1460. The lowest BCUT2D eigenvalue weighted by atomic mass is 10.0. The third kappa shape index (κ3) is 3.13. The molecular formula is C25H20N4O2. The molecule has 6 nitrogen and oxygen atoms in total. The quantitative estimate of drug-likeness (QED) is 0.391. The van der Waals surface area contributed by atoms with E-state index >= 15 is 0 Å². The zero-order valence-electron chi connectivity index (χ0n) is 17.5. The van der Waals surface area contributed by atoms with Crippen LogP contribution in [-0.2, 0) is 4.74 Å². The maximum atomic E-state index is 12.6. The lowest BCUT2D eigenvalue weighted by Crippen LogP contribution is -2.04. The summed E-state index contributed by atoms with van der Waals surface area (Å²) >= 11 is 0. The van der Waals surface area contributed by atoms with Gasteiger partial charge in [0.1, 0.15) is 11.3 Å². The maximum absolute atomic E-state index is 12.6. The van der Waals surface area contributed by atoms with Crippen LogP contribution in [0.25, 0.3) is 38.8 Å². The van der Waals surface area contributed by atoms with Crippen molar-refractivity contribution in [1.29, 1.82) is 0 Å². The molecule has 0 unspecified atom stereocenters. The number of carbonyl (C=O) groups is 1. The average Bonchev–Trinajstić information content (AvgIpc) is 3.13. The van der Waals surface area contributed by atoms with Gasteiger partial charge in [0.2, 0.25) is 0 Å². The minimum absolute atomic E-state index is 0.415. The van der Waals surface area contributed by atoms with Crippen molar-refractivity contribution in [3.8, 4) is 16.8 Å². The van der Waals surface area contributed by atoms with Crippen LogP contribution in [0.15, 0.2) is 67.0 Å². The number of hydrogen-bond donors (Lipinski definition) is 0. The Labute approximate surface area is 179 Å². The highest BCUT2D eigenvalue weighted by atomic mass is 16.5. The number of aromatic nitrogens is 4. The van der Waals surface area contributed by atoms with E-state index in [0.29, 0.717) is 11.1 Å². The number of esters is 1. The number of hydrogen-bond acceptors (Lipinski definition) is 5. The van der Waals surface area contributed by atoms with E-state index in [1.54, 1.807) is 12.4 Å². The Balaban J connectivity index is 1.89. The molecule has 3 aromatic heterocycles. The van der Waals surface area contributed by atoms with Gasteiger partial charge in [-0.3, -0.25) is 14.5 Å². The van der Waals surface area contributed by atoms with Gasteiger partial charge in [0.05, 0.1) is 29.4 Å². The standard InChI is InChI=1S/C25H20N4O2/c1-15-12-22(19-6-4-5-7-21(19)27-15)29-16(2)28-24-20(25(30)31-3)13-18(14-23(24)29)17-8-10-26-11-9-17/h4-14H,1-3H3. The number of imidazole rings is 1. The number of para-hydroxylation sites is 1. The van der Waals surface area contributed by atoms with E-state index in [-0.39, 0.29) is 0 Å². The summed E-state index contributed by atoms with van der Waals surface area (Å²) < 4.78 is 7.16. The van der Waals surface area contributed by atoms with Crippen molar-refractivity contribution in [2.24, 2.45) is 0 Å². The normalized spacial score (nSPS) is 11.2. The second-order valence-corrected chi connectivity index (χ2v) is 7.41. The number of methoxy groups -OCH3 is 1. The molecular weight excluding hydrogens is 388 g/mol. The van der Waals surface area contributed by atoms with E-state index in [9.17, 15) is 4.79 Å². The number of benzene rings is 2. The molecule has 152 valence electrons. The fraction of sp³-hybridized carbons (Fsp3) is 0.120. The van der Waals surface area contributed by atoms with E-state index in [0.717, 1.165) is 44.8 Å². The van der Waals surface area contributed by atoms with E-state index in [1.165, 1.54) is 7.11 Å². The van der Waals surface area contributed by atoms with Gasteiger partial charge in [0, 0.05) is 23.5 Å². The molecule has 0 saturated heterocycles. The summed E-state index contributed by atoms with van der Waals surface area (Å²) in [7, 11) is 1.39. The molecule has 0 fully saturated rings. The molecule has 0 N–H and O–H groups in total. The number of pyridine rings is 2. The van der Waals surface area contributed by atoms with Gasteiger partial charge >= 0.3 is 5.97 Å². The highest BCUT2D eigenvalue weighted by molar-refractivity contribution is 6.05. The third-order valence-electron chi connectivity index (χ3n) is 5.41. The van der Waals surface area contributed by atoms with Gasteiger partial charge in [-0.2, -0.15) is 0 Å². The molecule has 3 heterocycles. The smallest absolute Gasteiger partial charge is 0.340 e. The van der Waals surface area contributed by atoms with Crippen LogP contribution in [0.4, 0.5) is 0 Å². The molecule has 5 rings (SSSR count). The Morgan fingerprint density at radius 1 is 0.935 bits per heavy atom. The zero-order chi connectivity index (χ0) is 21.5. The predicted molar refractivity (Wildman–Crippen MR) is 120 cm³/mol. The summed E-state index contributed by atoms with van der Waals surface area (Å²) in [6.45, 7) is 3.92. The van der Waals surface area contributed by atoms with E-state index < -0.39 is 5.97 Å². The monoisotopic (exact) mass is 408 g/mol. The first kappa shape index (κ1) is 18.9. The minimum Gasteiger partial charge on any atom is -0.465 e. The lowest BCUT2D eigenvalue weighted by molar-refractivity contribution is 0.0603. The first-order valence-electron chi connectivity index (χ1n) is 9.95. The van der Waals surface area contributed by atoms with Crippen molar-refractivity contribution in [2.75, 3.05) is 7.11 Å². The highest BCUT2D eigenvalue weighted by Gasteiger charge is 2.21. The maximum Gasteiger partial charge on any atom is 0.340 e. The number of nitrogens with zero attached hydrogens (tertiary/aromatic N) is 4. The highest BCUT2D eigenvalue weighted by Crippen LogP contribution is 2.32. The summed E-state index contributed by atoms with van der Waals surface area (Å²) in [4.78, 5) is 26.2. The number of carbonyl (C=O) groups excluding carboxylic acids is 1. The fourth-order valence-corrected chi connectivity index (χ4v) is 4.04. The Kier molecular flexibility index (Phi) is 4.47. The van der Waals surface area contributed by atoms with Crippen molar-refractivity contribution >= 4 is 27.9 Å². The molecule has 6 heteroatoms. The van der Waals surface area contributed by atoms with Gasteiger partial charge < -0.3 is 4.74 Å². The van der Waals surface area contributed by atoms with Crippen LogP contribution in [0.5, 0.6) is 0 Å². The van der Waals surface area contributed by atoms with Crippen LogP contribution in [0.2, 0.25) is 0 Å². The zero-order valence-corrected chi connectivity index (χ0v) is 17.5. The Morgan fingerprint density at radius 2 is 1.71 bits per heavy atom. The Hall–Kier alpha value is -4.06. The van der Waals surface area contributed by atoms with Gasteiger partial charge in [-0.25, -0.2) is 9.78 Å². The van der Waals surface area contributed by atoms with Crippen LogP contribution >= 0.6 is 0 Å². The van der Waals surface area contributed by atoms with E-state index in [1.807, 2.05) is 56.3 Å². The summed E-state index contributed by atoms with van der Waals surface area (Å²) in [5, 5.41) is 1.02. The summed E-state index contributed by atoms with van der Waals surface area (Å²) in [5.41, 5.74) is 6.54. The molecule has 0 spiro atoms. The number of rotatable bonds is 3. The number of ether oxygens (including phenoxy) is 1. The van der Waals surface area contributed by atoms with Crippen molar-refractivity contribution < 1.29 is 9.53 Å².